The number of hydrogen-bond donors (Lipinski definition) is 1. The predicted octanol–water partition coefficient (Wildman–Crippen LogP) is 2.88. The van der Waals surface area contributed by atoms with E-state index in [4.69, 9.17) is 4.74 Å². The van der Waals surface area contributed by atoms with Gasteiger partial charge in [0.25, 0.3) is 0 Å². The number of rotatable bonds is 9. The number of aryl methyl sites for hydroxylation is 1. The maximum absolute atomic E-state index is 13.5. The van der Waals surface area contributed by atoms with Gasteiger partial charge in [-0.25, -0.2) is 17.2 Å². The highest BCUT2D eigenvalue weighted by Crippen LogP contribution is 2.23. The second kappa shape index (κ2) is 9.69. The van der Waals surface area contributed by atoms with Gasteiger partial charge in [-0.1, -0.05) is 12.1 Å². The molecule has 0 saturated heterocycles. The van der Waals surface area contributed by atoms with E-state index in [-0.39, 0.29) is 5.69 Å². The number of sulfonamides is 1. The topological polar surface area (TPSA) is 75.7 Å². The number of hydrogen-bond acceptors (Lipinski definition) is 4. The van der Waals surface area contributed by atoms with Crippen molar-refractivity contribution in [1.29, 1.82) is 0 Å². The van der Waals surface area contributed by atoms with Crippen molar-refractivity contribution in [3.05, 3.63) is 59.7 Å². The van der Waals surface area contributed by atoms with Gasteiger partial charge in [-0.15, -0.1) is 0 Å². The normalized spacial score (nSPS) is 12.3. The minimum absolute atomic E-state index is 0.118. The molecule has 1 amide bonds. The number of anilines is 1. The summed E-state index contributed by atoms with van der Waals surface area (Å²) in [5.41, 5.74) is 0.958. The molecule has 29 heavy (non-hydrogen) atoms. The van der Waals surface area contributed by atoms with Gasteiger partial charge in [-0.3, -0.25) is 9.10 Å². The smallest absolute Gasteiger partial charge is 0.243 e. The molecule has 0 radical (unpaired) electrons. The van der Waals surface area contributed by atoms with Gasteiger partial charge >= 0.3 is 0 Å². The maximum Gasteiger partial charge on any atom is 0.243 e. The Bertz CT molecular complexity index is 949. The molecule has 2 aromatic carbocycles. The van der Waals surface area contributed by atoms with Crippen molar-refractivity contribution in [3.63, 3.8) is 0 Å². The van der Waals surface area contributed by atoms with Crippen molar-refractivity contribution >= 4 is 21.6 Å². The second-order valence-electron chi connectivity index (χ2n) is 6.58. The van der Waals surface area contributed by atoms with Gasteiger partial charge in [0.05, 0.1) is 19.1 Å². The van der Waals surface area contributed by atoms with Crippen LogP contribution in [0.2, 0.25) is 0 Å². The van der Waals surface area contributed by atoms with Gasteiger partial charge in [0.2, 0.25) is 15.9 Å². The van der Waals surface area contributed by atoms with Crippen LogP contribution < -0.4 is 14.4 Å². The molecule has 2 aromatic rings. The Morgan fingerprint density at radius 2 is 1.79 bits per heavy atom. The molecule has 0 aliphatic heterocycles. The quantitative estimate of drug-likeness (QED) is 0.626. The summed E-state index contributed by atoms with van der Waals surface area (Å²) in [6, 6.07) is 9.12. The summed E-state index contributed by atoms with van der Waals surface area (Å²) in [5.74, 6) is -2.06. The maximum atomic E-state index is 13.5. The molecule has 0 heterocycles. The van der Waals surface area contributed by atoms with E-state index < -0.39 is 33.6 Å². The number of carbonyl (C=O) groups is 1. The van der Waals surface area contributed by atoms with E-state index in [0.29, 0.717) is 13.0 Å². The van der Waals surface area contributed by atoms with E-state index in [1.54, 1.807) is 7.11 Å². The molecule has 0 unspecified atom stereocenters. The Kier molecular flexibility index (Phi) is 7.55. The Hall–Kier alpha value is -2.68. The Morgan fingerprint density at radius 1 is 1.14 bits per heavy atom. The fraction of sp³-hybridized carbons (Fsp3) is 0.350. The molecule has 6 nitrogen and oxygen atoms in total. The summed E-state index contributed by atoms with van der Waals surface area (Å²) >= 11 is 0. The van der Waals surface area contributed by atoms with Crippen LogP contribution in [0.3, 0.4) is 0 Å². The largest absolute Gasteiger partial charge is 0.497 e. The summed E-state index contributed by atoms with van der Waals surface area (Å²) in [4.78, 5) is 12.4. The zero-order chi connectivity index (χ0) is 21.6. The first-order valence-corrected chi connectivity index (χ1v) is 10.8. The van der Waals surface area contributed by atoms with Gasteiger partial charge in [0.1, 0.15) is 11.8 Å². The van der Waals surface area contributed by atoms with E-state index in [2.05, 4.69) is 5.32 Å². The van der Waals surface area contributed by atoms with E-state index >= 15 is 0 Å². The third-order valence-electron chi connectivity index (χ3n) is 4.35. The van der Waals surface area contributed by atoms with Crippen LogP contribution in [-0.2, 0) is 21.2 Å². The monoisotopic (exact) mass is 426 g/mol. The van der Waals surface area contributed by atoms with Crippen LogP contribution in [0, 0.1) is 11.6 Å². The zero-order valence-corrected chi connectivity index (χ0v) is 17.3. The number of nitrogens with zero attached hydrogens (tertiary/aromatic N) is 1. The fourth-order valence-corrected chi connectivity index (χ4v) is 4.04. The van der Waals surface area contributed by atoms with Crippen molar-refractivity contribution in [2.45, 2.75) is 25.8 Å². The van der Waals surface area contributed by atoms with Gasteiger partial charge in [-0.2, -0.15) is 0 Å². The molecule has 0 aliphatic rings. The summed E-state index contributed by atoms with van der Waals surface area (Å²) in [5, 5.41) is 2.69. The molecule has 0 aromatic heterocycles. The third kappa shape index (κ3) is 6.15. The van der Waals surface area contributed by atoms with Crippen LogP contribution in [0.15, 0.2) is 42.5 Å². The average molecular weight is 426 g/mol. The van der Waals surface area contributed by atoms with Crippen LogP contribution in [0.1, 0.15) is 18.9 Å². The van der Waals surface area contributed by atoms with Gasteiger partial charge < -0.3 is 10.1 Å². The lowest BCUT2D eigenvalue weighted by molar-refractivity contribution is -0.121. The molecule has 1 atom stereocenters. The molecule has 0 fully saturated rings. The highest BCUT2D eigenvalue weighted by Gasteiger charge is 2.29. The number of benzene rings is 2. The number of nitrogens with one attached hydrogen (secondary N) is 1. The highest BCUT2D eigenvalue weighted by molar-refractivity contribution is 7.92. The predicted molar refractivity (Wildman–Crippen MR) is 107 cm³/mol. The van der Waals surface area contributed by atoms with Crippen LogP contribution in [-0.4, -0.2) is 40.3 Å². The lowest BCUT2D eigenvalue weighted by atomic mass is 10.1. The Labute approximate surface area is 169 Å². The van der Waals surface area contributed by atoms with E-state index in [1.165, 1.54) is 6.92 Å². The summed E-state index contributed by atoms with van der Waals surface area (Å²) in [6.07, 6.45) is 2.27. The Balaban J connectivity index is 1.98. The standard InChI is InChI=1S/C20H24F2N2O4S/c1-14(24(29(3,26)27)16-8-11-18(21)19(22)13-16)20(25)23-12-4-5-15-6-9-17(28-2)10-7-15/h6-11,13-14H,4-5,12H2,1-3H3,(H,23,25)/t14-/m1/s1. The third-order valence-corrected chi connectivity index (χ3v) is 5.59. The summed E-state index contributed by atoms with van der Waals surface area (Å²) < 4.78 is 56.9. The van der Waals surface area contributed by atoms with Gasteiger partial charge in [0.15, 0.2) is 11.6 Å². The zero-order valence-electron chi connectivity index (χ0n) is 16.5. The van der Waals surface area contributed by atoms with E-state index in [1.807, 2.05) is 24.3 Å². The van der Waals surface area contributed by atoms with Crippen molar-refractivity contribution in [2.75, 3.05) is 24.2 Å². The first-order valence-electron chi connectivity index (χ1n) is 8.98. The molecule has 1 N–H and O–H groups in total. The minimum Gasteiger partial charge on any atom is -0.497 e. The van der Waals surface area contributed by atoms with Crippen molar-refractivity contribution in [3.8, 4) is 5.75 Å². The van der Waals surface area contributed by atoms with E-state index in [0.717, 1.165) is 46.5 Å². The summed E-state index contributed by atoms with van der Waals surface area (Å²) in [6.45, 7) is 1.73. The molecular weight excluding hydrogens is 402 g/mol. The van der Waals surface area contributed by atoms with Crippen molar-refractivity contribution in [1.82, 2.24) is 5.32 Å². The van der Waals surface area contributed by atoms with Crippen LogP contribution in [0.5, 0.6) is 5.75 Å². The van der Waals surface area contributed by atoms with Gasteiger partial charge in [0, 0.05) is 12.6 Å². The molecular formula is C20H24F2N2O4S. The molecule has 0 saturated carbocycles. The van der Waals surface area contributed by atoms with Crippen molar-refractivity contribution < 1.29 is 26.7 Å². The average Bonchev–Trinajstić information content (AvgIpc) is 2.67. The first-order chi connectivity index (χ1) is 13.6. The molecule has 9 heteroatoms. The highest BCUT2D eigenvalue weighted by atomic mass is 32.2. The second-order valence-corrected chi connectivity index (χ2v) is 8.44. The minimum atomic E-state index is -3.90. The molecule has 158 valence electrons. The number of halogens is 2. The molecule has 2 rings (SSSR count). The fourth-order valence-electron chi connectivity index (χ4n) is 2.87. The number of ether oxygens (including phenoxy) is 1. The van der Waals surface area contributed by atoms with Gasteiger partial charge in [-0.05, 0) is 49.6 Å². The molecule has 0 bridgehead atoms. The number of carbonyl (C=O) groups excluding carboxylic acids is 1. The Morgan fingerprint density at radius 3 is 2.34 bits per heavy atom. The lowest BCUT2D eigenvalue weighted by Gasteiger charge is -2.28. The van der Waals surface area contributed by atoms with Crippen molar-refractivity contribution in [2.24, 2.45) is 0 Å². The summed E-state index contributed by atoms with van der Waals surface area (Å²) in [7, 11) is -2.31. The van der Waals surface area contributed by atoms with Crippen LogP contribution in [0.4, 0.5) is 14.5 Å². The van der Waals surface area contributed by atoms with Crippen LogP contribution >= 0.6 is 0 Å². The number of methoxy groups -OCH3 is 1. The molecule has 0 aliphatic carbocycles. The first kappa shape index (κ1) is 22.6. The number of amides is 1. The van der Waals surface area contributed by atoms with E-state index in [9.17, 15) is 22.0 Å². The SMILES string of the molecule is COc1ccc(CCCNC(=O)[C@@H](C)N(c2ccc(F)c(F)c2)S(C)(=O)=O)cc1. The molecule has 0 spiro atoms. The lowest BCUT2D eigenvalue weighted by Crippen LogP contribution is -2.48. The van der Waals surface area contributed by atoms with Crippen LogP contribution in [0.25, 0.3) is 0 Å².